The van der Waals surface area contributed by atoms with Crippen molar-refractivity contribution in [1.82, 2.24) is 9.78 Å². The summed E-state index contributed by atoms with van der Waals surface area (Å²) in [5, 5.41) is 12.6. The molecular formula is C16H17N3O. The van der Waals surface area contributed by atoms with Crippen molar-refractivity contribution in [2.45, 2.75) is 32.1 Å². The summed E-state index contributed by atoms with van der Waals surface area (Å²) in [5.74, 6) is -0.0498. The quantitative estimate of drug-likeness (QED) is 0.755. The van der Waals surface area contributed by atoms with E-state index in [0.29, 0.717) is 12.0 Å². The minimum absolute atomic E-state index is 0.0498. The van der Waals surface area contributed by atoms with Gasteiger partial charge in [-0.25, -0.2) is 4.68 Å². The fourth-order valence-electron chi connectivity index (χ4n) is 2.06. The van der Waals surface area contributed by atoms with Crippen LogP contribution in [0.5, 0.6) is 0 Å². The van der Waals surface area contributed by atoms with Crippen LogP contribution in [0.4, 0.5) is 0 Å². The molecule has 4 heteroatoms. The second-order valence-corrected chi connectivity index (χ2v) is 4.73. The van der Waals surface area contributed by atoms with Crippen molar-refractivity contribution in [1.29, 1.82) is 5.26 Å². The monoisotopic (exact) mass is 267 g/mol. The van der Waals surface area contributed by atoms with E-state index in [1.165, 1.54) is 22.6 Å². The first kappa shape index (κ1) is 14.0. The molecule has 0 amide bonds. The van der Waals surface area contributed by atoms with E-state index < -0.39 is 0 Å². The number of carbonyl (C=O) groups excluding carboxylic acids is 1. The molecule has 1 aromatic heterocycles. The third-order valence-corrected chi connectivity index (χ3v) is 3.17. The van der Waals surface area contributed by atoms with Crippen molar-refractivity contribution in [3.8, 4) is 6.07 Å². The molecule has 20 heavy (non-hydrogen) atoms. The normalized spacial score (nSPS) is 10.2. The van der Waals surface area contributed by atoms with Gasteiger partial charge in [0, 0.05) is 6.42 Å². The number of hydrogen-bond donors (Lipinski definition) is 0. The first-order valence-corrected chi connectivity index (χ1v) is 6.81. The maximum Gasteiger partial charge on any atom is 0.246 e. The largest absolute Gasteiger partial charge is 0.273 e. The molecular weight excluding hydrogens is 250 g/mol. The Morgan fingerprint density at radius 1 is 1.20 bits per heavy atom. The van der Waals surface area contributed by atoms with E-state index in [9.17, 15) is 4.79 Å². The highest BCUT2D eigenvalue weighted by molar-refractivity contribution is 5.78. The molecule has 2 aromatic rings. The highest BCUT2D eigenvalue weighted by atomic mass is 16.2. The molecule has 0 saturated heterocycles. The van der Waals surface area contributed by atoms with Gasteiger partial charge in [0.1, 0.15) is 6.07 Å². The molecule has 0 atom stereocenters. The van der Waals surface area contributed by atoms with Gasteiger partial charge < -0.3 is 0 Å². The third-order valence-electron chi connectivity index (χ3n) is 3.17. The van der Waals surface area contributed by atoms with Gasteiger partial charge in [0.05, 0.1) is 18.0 Å². The number of unbranched alkanes of at least 4 members (excludes halogenated alkanes) is 2. The lowest BCUT2D eigenvalue weighted by atomic mass is 10.1. The number of hydrogen-bond acceptors (Lipinski definition) is 3. The van der Waals surface area contributed by atoms with Crippen LogP contribution in [0, 0.1) is 11.3 Å². The Hall–Kier alpha value is -2.41. The number of aromatic nitrogens is 2. The molecule has 0 bridgehead atoms. The maximum atomic E-state index is 11.8. The highest BCUT2D eigenvalue weighted by Crippen LogP contribution is 2.08. The Labute approximate surface area is 118 Å². The highest BCUT2D eigenvalue weighted by Gasteiger charge is 2.06. The van der Waals surface area contributed by atoms with Crippen LogP contribution < -0.4 is 0 Å². The first-order valence-electron chi connectivity index (χ1n) is 6.81. The topological polar surface area (TPSA) is 58.7 Å². The van der Waals surface area contributed by atoms with Crippen LogP contribution in [0.3, 0.4) is 0 Å². The Morgan fingerprint density at radius 3 is 2.70 bits per heavy atom. The van der Waals surface area contributed by atoms with Crippen molar-refractivity contribution in [3.63, 3.8) is 0 Å². The van der Waals surface area contributed by atoms with Gasteiger partial charge in [0.25, 0.3) is 0 Å². The minimum atomic E-state index is -0.0498. The SMILES string of the molecule is N#Cc1cnn(C(=O)CCCCCc2ccccc2)c1. The standard InChI is InChI=1S/C16H17N3O/c17-11-15-12-18-19(13-15)16(20)10-6-2-5-9-14-7-3-1-4-8-14/h1,3-4,7-8,12-13H,2,5-6,9-10H2. The third kappa shape index (κ3) is 4.06. The molecule has 1 aromatic carbocycles. The van der Waals surface area contributed by atoms with Gasteiger partial charge in [-0.1, -0.05) is 36.8 Å². The van der Waals surface area contributed by atoms with Gasteiger partial charge in [-0.2, -0.15) is 10.4 Å². The molecule has 0 N–H and O–H groups in total. The molecule has 2 rings (SSSR count). The van der Waals surface area contributed by atoms with Gasteiger partial charge in [-0.3, -0.25) is 4.79 Å². The van der Waals surface area contributed by atoms with Crippen molar-refractivity contribution in [2.24, 2.45) is 0 Å². The summed E-state index contributed by atoms with van der Waals surface area (Å²) in [6.07, 6.45) is 7.37. The summed E-state index contributed by atoms with van der Waals surface area (Å²) >= 11 is 0. The van der Waals surface area contributed by atoms with Crippen LogP contribution in [0.1, 0.15) is 41.6 Å². The summed E-state index contributed by atoms with van der Waals surface area (Å²) in [6.45, 7) is 0. The van der Waals surface area contributed by atoms with Gasteiger partial charge >= 0.3 is 0 Å². The summed E-state index contributed by atoms with van der Waals surface area (Å²) in [7, 11) is 0. The molecule has 4 nitrogen and oxygen atoms in total. The number of nitriles is 1. The van der Waals surface area contributed by atoms with Gasteiger partial charge in [0.2, 0.25) is 5.91 Å². The van der Waals surface area contributed by atoms with E-state index in [-0.39, 0.29) is 5.91 Å². The minimum Gasteiger partial charge on any atom is -0.273 e. The smallest absolute Gasteiger partial charge is 0.246 e. The lowest BCUT2D eigenvalue weighted by molar-refractivity contribution is 0.0883. The molecule has 0 aliphatic rings. The van der Waals surface area contributed by atoms with Crippen molar-refractivity contribution >= 4 is 5.91 Å². The molecule has 0 saturated carbocycles. The number of carbonyl (C=O) groups is 1. The van der Waals surface area contributed by atoms with Crippen LogP contribution in [0.15, 0.2) is 42.7 Å². The van der Waals surface area contributed by atoms with Gasteiger partial charge in [-0.05, 0) is 24.8 Å². The van der Waals surface area contributed by atoms with Crippen LogP contribution >= 0.6 is 0 Å². The van der Waals surface area contributed by atoms with Crippen LogP contribution in [0.25, 0.3) is 0 Å². The Balaban J connectivity index is 1.66. The molecule has 0 aliphatic carbocycles. The lowest BCUT2D eigenvalue weighted by Crippen LogP contribution is -2.10. The number of rotatable bonds is 6. The molecule has 102 valence electrons. The Bertz CT molecular complexity index is 596. The van der Waals surface area contributed by atoms with Gasteiger partial charge in [-0.15, -0.1) is 0 Å². The van der Waals surface area contributed by atoms with Crippen LogP contribution in [-0.4, -0.2) is 15.7 Å². The average Bonchev–Trinajstić information content (AvgIpc) is 2.97. The second kappa shape index (κ2) is 7.25. The summed E-state index contributed by atoms with van der Waals surface area (Å²) in [5.41, 5.74) is 1.76. The van der Waals surface area contributed by atoms with E-state index in [1.807, 2.05) is 24.3 Å². The predicted octanol–water partition coefficient (Wildman–Crippen LogP) is 3.20. The van der Waals surface area contributed by atoms with Crippen molar-refractivity contribution < 1.29 is 4.79 Å². The number of nitrogens with zero attached hydrogens (tertiary/aromatic N) is 3. The van der Waals surface area contributed by atoms with Gasteiger partial charge in [0.15, 0.2) is 0 Å². The molecule has 1 heterocycles. The fraction of sp³-hybridized carbons (Fsp3) is 0.312. The first-order chi connectivity index (χ1) is 9.79. The molecule has 0 unspecified atom stereocenters. The van der Waals surface area contributed by atoms with E-state index >= 15 is 0 Å². The zero-order valence-corrected chi connectivity index (χ0v) is 11.3. The predicted molar refractivity (Wildman–Crippen MR) is 76.2 cm³/mol. The summed E-state index contributed by atoms with van der Waals surface area (Å²) < 4.78 is 1.26. The van der Waals surface area contributed by atoms with E-state index in [1.54, 1.807) is 0 Å². The van der Waals surface area contributed by atoms with E-state index in [2.05, 4.69) is 17.2 Å². The van der Waals surface area contributed by atoms with Crippen LogP contribution in [0.2, 0.25) is 0 Å². The fourth-order valence-corrected chi connectivity index (χ4v) is 2.06. The molecule has 0 radical (unpaired) electrons. The zero-order valence-electron chi connectivity index (χ0n) is 11.3. The van der Waals surface area contributed by atoms with E-state index in [0.717, 1.165) is 25.7 Å². The summed E-state index contributed by atoms with van der Waals surface area (Å²) in [4.78, 5) is 11.8. The Kier molecular flexibility index (Phi) is 5.08. The molecule has 0 fully saturated rings. The van der Waals surface area contributed by atoms with Crippen LogP contribution in [-0.2, 0) is 6.42 Å². The second-order valence-electron chi connectivity index (χ2n) is 4.73. The van der Waals surface area contributed by atoms with E-state index in [4.69, 9.17) is 5.26 Å². The molecule has 0 aliphatic heterocycles. The lowest BCUT2D eigenvalue weighted by Gasteiger charge is -2.02. The average molecular weight is 267 g/mol. The molecule has 0 spiro atoms. The number of aryl methyl sites for hydroxylation is 1. The summed E-state index contributed by atoms with van der Waals surface area (Å²) in [6, 6.07) is 12.3. The maximum absolute atomic E-state index is 11.8. The Morgan fingerprint density at radius 2 is 2.00 bits per heavy atom. The van der Waals surface area contributed by atoms with Crippen molar-refractivity contribution in [2.75, 3.05) is 0 Å². The van der Waals surface area contributed by atoms with Crippen molar-refractivity contribution in [3.05, 3.63) is 53.9 Å². The zero-order chi connectivity index (χ0) is 14.2. The number of benzene rings is 1.